The van der Waals surface area contributed by atoms with E-state index in [1.807, 2.05) is 0 Å². The molecule has 0 aromatic carbocycles. The van der Waals surface area contributed by atoms with Crippen LogP contribution in [0.1, 0.15) is 6.92 Å². The number of hydrogen-bond donors (Lipinski definition) is 0. The van der Waals surface area contributed by atoms with Gasteiger partial charge in [-0.1, -0.05) is 0 Å². The first kappa shape index (κ1) is 12.2. The average Bonchev–Trinajstić information content (AvgIpc) is 1.65. The second-order valence-electron chi connectivity index (χ2n) is 1.17. The van der Waals surface area contributed by atoms with Crippen LogP contribution in [0.25, 0.3) is 0 Å². The van der Waals surface area contributed by atoms with Crippen LogP contribution in [0.5, 0.6) is 0 Å². The molecule has 0 amide bonds. The summed E-state index contributed by atoms with van der Waals surface area (Å²) in [5.41, 5.74) is 0. The summed E-state index contributed by atoms with van der Waals surface area (Å²) in [7, 11) is -1.70. The van der Waals surface area contributed by atoms with Crippen molar-refractivity contribution in [2.24, 2.45) is 0 Å². The van der Waals surface area contributed by atoms with Crippen molar-refractivity contribution in [3.8, 4) is 0 Å². The van der Waals surface area contributed by atoms with E-state index < -0.39 is 15.5 Å². The molecule has 0 heterocycles. The average molecular weight is 336 g/mol. The molecule has 4 nitrogen and oxygen atoms in total. The van der Waals surface area contributed by atoms with Gasteiger partial charge in [-0.05, 0) is 6.92 Å². The van der Waals surface area contributed by atoms with Gasteiger partial charge < -0.3 is 18.4 Å². The molecule has 0 fully saturated rings. The van der Waals surface area contributed by atoms with E-state index in [4.69, 9.17) is 0 Å². The fourth-order valence-electron chi connectivity index (χ4n) is 0.184. The molecule has 0 aliphatic carbocycles. The topological polar surface area (TPSA) is 58.6 Å². The summed E-state index contributed by atoms with van der Waals surface area (Å²) in [6.07, 6.45) is -0.654. The molecule has 0 rings (SSSR count). The second-order valence-corrected chi connectivity index (χ2v) is 1.91. The van der Waals surface area contributed by atoms with Gasteiger partial charge in [-0.25, -0.2) is 0 Å². The fourth-order valence-corrected chi connectivity index (χ4v) is 0.551. The molecule has 0 aromatic rings. The molecule has 0 aliphatic heterocycles. The van der Waals surface area contributed by atoms with Crippen molar-refractivity contribution in [1.29, 1.82) is 0 Å². The van der Waals surface area contributed by atoms with Crippen LogP contribution in [0, 0.1) is 0 Å². The number of methoxy groups -OCH3 is 1. The van der Waals surface area contributed by atoms with Crippen LogP contribution in [0.3, 0.4) is 0 Å². The monoisotopic (exact) mass is 337 g/mol. The van der Waals surface area contributed by atoms with Gasteiger partial charge in [0, 0.05) is 7.11 Å². The number of rotatable bonds is 3. The Morgan fingerprint density at radius 3 is 2.22 bits per heavy atom. The first-order valence-electron chi connectivity index (χ1n) is 2.07. The Morgan fingerprint density at radius 2 is 2.11 bits per heavy atom. The SMILES string of the molecule is COC(C)O[Si](=O)[O-].[Hg+2]. The van der Waals surface area contributed by atoms with E-state index in [9.17, 15) is 9.26 Å². The molecule has 0 spiro atoms. The van der Waals surface area contributed by atoms with Crippen LogP contribution >= 0.6 is 0 Å². The Morgan fingerprint density at radius 1 is 1.67 bits per heavy atom. The largest absolute Gasteiger partial charge is 2.00 e. The van der Waals surface area contributed by atoms with Crippen molar-refractivity contribution in [2.45, 2.75) is 13.2 Å². The Bertz CT molecular complexity index is 87.9. The van der Waals surface area contributed by atoms with Gasteiger partial charge in [0.2, 0.25) is 0 Å². The summed E-state index contributed by atoms with van der Waals surface area (Å²) in [4.78, 5) is 9.74. The summed E-state index contributed by atoms with van der Waals surface area (Å²) >= 11 is 0. The van der Waals surface area contributed by atoms with Gasteiger partial charge in [0.05, 0.1) is 0 Å². The minimum Gasteiger partial charge on any atom is -0.563 e. The van der Waals surface area contributed by atoms with E-state index in [0.29, 0.717) is 0 Å². The molecule has 0 saturated heterocycles. The van der Waals surface area contributed by atoms with E-state index in [1.54, 1.807) is 0 Å². The predicted octanol–water partition coefficient (Wildman–Crippen LogP) is -1.23. The Hall–Kier alpha value is 0.512. The maximum absolute atomic E-state index is 9.74. The maximum Gasteiger partial charge on any atom is 2.00 e. The molecule has 1 unspecified atom stereocenters. The summed E-state index contributed by atoms with van der Waals surface area (Å²) < 4.78 is 18.4. The molecule has 0 N–H and O–H groups in total. The van der Waals surface area contributed by atoms with E-state index in [1.165, 1.54) is 14.0 Å². The zero-order chi connectivity index (χ0) is 6.57. The minimum atomic E-state index is -3.07. The van der Waals surface area contributed by atoms with Crippen LogP contribution in [-0.4, -0.2) is 22.6 Å². The van der Waals surface area contributed by atoms with Crippen molar-refractivity contribution in [2.75, 3.05) is 7.11 Å². The molecule has 0 radical (unpaired) electrons. The standard InChI is InChI=1S/C3H7O4Si.Hg/c1-3(6-2)7-8(4)5;/h3H,1-2H3;/q-1;+2. The molecule has 1 atom stereocenters. The van der Waals surface area contributed by atoms with E-state index in [0.717, 1.165) is 0 Å². The Balaban J connectivity index is 0. The normalized spacial score (nSPS) is 11.3. The molecule has 9 heavy (non-hydrogen) atoms. The quantitative estimate of drug-likeness (QED) is 0.479. The van der Waals surface area contributed by atoms with Gasteiger partial charge in [-0.2, -0.15) is 0 Å². The van der Waals surface area contributed by atoms with Crippen LogP contribution in [-0.2, 0) is 41.3 Å². The maximum atomic E-state index is 9.74. The van der Waals surface area contributed by atoms with Crippen molar-refractivity contribution in [1.82, 2.24) is 0 Å². The zero-order valence-electron chi connectivity index (χ0n) is 5.42. The molecule has 0 aromatic heterocycles. The minimum absolute atomic E-state index is 0. The van der Waals surface area contributed by atoms with Crippen LogP contribution in [0.2, 0.25) is 0 Å². The van der Waals surface area contributed by atoms with Gasteiger partial charge >= 0.3 is 36.8 Å². The van der Waals surface area contributed by atoms with E-state index in [-0.39, 0.29) is 27.7 Å². The summed E-state index contributed by atoms with van der Waals surface area (Å²) in [5, 5.41) is 0. The van der Waals surface area contributed by atoms with Crippen molar-refractivity contribution in [3.63, 3.8) is 0 Å². The van der Waals surface area contributed by atoms with Gasteiger partial charge in [0.25, 0.3) is 0 Å². The smallest absolute Gasteiger partial charge is 0.563 e. The third-order valence-corrected chi connectivity index (χ3v) is 1.12. The summed E-state index contributed by atoms with van der Waals surface area (Å²) in [6.45, 7) is 1.50. The summed E-state index contributed by atoms with van der Waals surface area (Å²) in [6, 6.07) is 0. The fraction of sp³-hybridized carbons (Fsp3) is 1.00. The van der Waals surface area contributed by atoms with Crippen LogP contribution in [0.15, 0.2) is 0 Å². The van der Waals surface area contributed by atoms with Gasteiger partial charge in [0.1, 0.15) is 6.29 Å². The van der Waals surface area contributed by atoms with Gasteiger partial charge in [-0.15, -0.1) is 0 Å². The Labute approximate surface area is 75.6 Å². The number of hydrogen-bond acceptors (Lipinski definition) is 4. The van der Waals surface area contributed by atoms with Crippen LogP contribution < -0.4 is 4.80 Å². The molecule has 48 valence electrons. The third kappa shape index (κ3) is 8.51. The van der Waals surface area contributed by atoms with E-state index in [2.05, 4.69) is 9.16 Å². The van der Waals surface area contributed by atoms with Crippen molar-refractivity contribution < 1.29 is 46.1 Å². The first-order chi connectivity index (χ1) is 3.66. The van der Waals surface area contributed by atoms with Crippen molar-refractivity contribution >= 4 is 9.17 Å². The Kier molecular flexibility index (Phi) is 9.00. The van der Waals surface area contributed by atoms with Gasteiger partial charge in [0.15, 0.2) is 0 Å². The second kappa shape index (κ2) is 6.63. The summed E-state index contributed by atoms with van der Waals surface area (Å²) in [5.74, 6) is 0. The van der Waals surface area contributed by atoms with Crippen LogP contribution in [0.4, 0.5) is 0 Å². The predicted molar refractivity (Wildman–Crippen MR) is 24.0 cm³/mol. The van der Waals surface area contributed by atoms with E-state index >= 15 is 0 Å². The number of ether oxygens (including phenoxy) is 1. The molecule has 0 saturated carbocycles. The zero-order valence-corrected chi connectivity index (χ0v) is 11.9. The first-order valence-corrected chi connectivity index (χ1v) is 3.29. The van der Waals surface area contributed by atoms with Gasteiger partial charge in [-0.3, -0.25) is 0 Å². The van der Waals surface area contributed by atoms with Crippen molar-refractivity contribution in [3.05, 3.63) is 0 Å². The molecular formula is C3H7HgO4Si+. The molecule has 6 heteroatoms. The third-order valence-electron chi connectivity index (χ3n) is 0.594. The molecule has 0 aliphatic rings. The molecule has 0 bridgehead atoms. The molecular weight excluding hydrogens is 329 g/mol.